The second kappa shape index (κ2) is 6.61. The van der Waals surface area contributed by atoms with Gasteiger partial charge in [0, 0.05) is 12.5 Å². The zero-order valence-corrected chi connectivity index (χ0v) is 12.7. The lowest BCUT2D eigenvalue weighted by Gasteiger charge is -2.23. The molecule has 1 heterocycles. The summed E-state index contributed by atoms with van der Waals surface area (Å²) in [6, 6.07) is 5.56. The Kier molecular flexibility index (Phi) is 4.83. The predicted molar refractivity (Wildman–Crippen MR) is 81.1 cm³/mol. The van der Waals surface area contributed by atoms with Crippen LogP contribution in [-0.2, 0) is 16.1 Å². The molecule has 21 heavy (non-hydrogen) atoms. The quantitative estimate of drug-likeness (QED) is 0.875. The Bertz CT molecular complexity index is 538. The summed E-state index contributed by atoms with van der Waals surface area (Å²) in [4.78, 5) is 23.6. The third kappa shape index (κ3) is 3.54. The van der Waals surface area contributed by atoms with Crippen molar-refractivity contribution < 1.29 is 14.3 Å². The number of rotatable bonds is 5. The van der Waals surface area contributed by atoms with E-state index in [1.54, 1.807) is 6.92 Å². The zero-order chi connectivity index (χ0) is 15.4. The van der Waals surface area contributed by atoms with Gasteiger partial charge in [0.15, 0.2) is 6.10 Å². The van der Waals surface area contributed by atoms with Gasteiger partial charge in [-0.25, -0.2) is 0 Å². The number of hydrogen-bond donors (Lipinski definition) is 2. The molecule has 0 spiro atoms. The molecule has 0 aromatic heterocycles. The average Bonchev–Trinajstić information content (AvgIpc) is 2.47. The zero-order valence-electron chi connectivity index (χ0n) is 12.7. The van der Waals surface area contributed by atoms with Crippen molar-refractivity contribution in [1.82, 2.24) is 5.32 Å². The Morgan fingerprint density at radius 1 is 1.38 bits per heavy atom. The number of carbonyl (C=O) groups excluding carboxylic acids is 2. The highest BCUT2D eigenvalue weighted by Crippen LogP contribution is 2.30. The molecule has 2 amide bonds. The number of amides is 2. The summed E-state index contributed by atoms with van der Waals surface area (Å²) in [5.41, 5.74) is 1.60. The molecule has 114 valence electrons. The first kappa shape index (κ1) is 15.4. The van der Waals surface area contributed by atoms with E-state index in [2.05, 4.69) is 10.6 Å². The number of benzene rings is 1. The summed E-state index contributed by atoms with van der Waals surface area (Å²) in [5, 5.41) is 5.74. The van der Waals surface area contributed by atoms with Crippen molar-refractivity contribution in [1.29, 1.82) is 0 Å². The maximum atomic E-state index is 12.0. The van der Waals surface area contributed by atoms with E-state index in [1.807, 2.05) is 32.0 Å². The number of hydrogen-bond acceptors (Lipinski definition) is 3. The fraction of sp³-hybridized carbons (Fsp3) is 0.500. The van der Waals surface area contributed by atoms with Crippen molar-refractivity contribution in [3.05, 3.63) is 23.8 Å². The van der Waals surface area contributed by atoms with Crippen LogP contribution in [0.15, 0.2) is 18.2 Å². The molecule has 5 nitrogen and oxygen atoms in total. The molecule has 0 radical (unpaired) electrons. The van der Waals surface area contributed by atoms with Crippen LogP contribution in [-0.4, -0.2) is 17.9 Å². The highest BCUT2D eigenvalue weighted by atomic mass is 16.5. The van der Waals surface area contributed by atoms with E-state index in [1.165, 1.54) is 0 Å². The fourth-order valence-electron chi connectivity index (χ4n) is 2.36. The number of nitrogens with one attached hydrogen (secondary N) is 2. The average molecular weight is 290 g/mol. The summed E-state index contributed by atoms with van der Waals surface area (Å²) < 4.78 is 5.50. The minimum Gasteiger partial charge on any atom is -0.479 e. The van der Waals surface area contributed by atoms with Gasteiger partial charge in [-0.2, -0.15) is 0 Å². The van der Waals surface area contributed by atoms with Gasteiger partial charge >= 0.3 is 0 Å². The standard InChI is InChI=1S/C16H22N2O3/c1-4-12(5-2)16(20)17-9-11-6-7-14-13(8-11)18-15(19)10(3)21-14/h6-8,10,12H,4-5,9H2,1-3H3,(H,17,20)(H,18,19). The van der Waals surface area contributed by atoms with Crippen LogP contribution in [0.4, 0.5) is 5.69 Å². The van der Waals surface area contributed by atoms with Gasteiger partial charge in [-0.05, 0) is 37.5 Å². The molecule has 1 aromatic carbocycles. The Labute approximate surface area is 125 Å². The number of carbonyl (C=O) groups is 2. The smallest absolute Gasteiger partial charge is 0.265 e. The van der Waals surface area contributed by atoms with E-state index in [0.717, 1.165) is 18.4 Å². The van der Waals surface area contributed by atoms with Gasteiger partial charge in [0.05, 0.1) is 5.69 Å². The van der Waals surface area contributed by atoms with Crippen LogP contribution < -0.4 is 15.4 Å². The fourth-order valence-corrected chi connectivity index (χ4v) is 2.36. The van der Waals surface area contributed by atoms with Crippen LogP contribution in [0.5, 0.6) is 5.75 Å². The van der Waals surface area contributed by atoms with Crippen LogP contribution in [0, 0.1) is 5.92 Å². The highest BCUT2D eigenvalue weighted by Gasteiger charge is 2.23. The first-order valence-electron chi connectivity index (χ1n) is 7.43. The first-order valence-corrected chi connectivity index (χ1v) is 7.43. The minimum atomic E-state index is -0.474. The molecule has 0 saturated carbocycles. The molecule has 5 heteroatoms. The van der Waals surface area contributed by atoms with Crippen LogP contribution in [0.3, 0.4) is 0 Å². The lowest BCUT2D eigenvalue weighted by molar-refractivity contribution is -0.125. The summed E-state index contributed by atoms with van der Waals surface area (Å²) >= 11 is 0. The van der Waals surface area contributed by atoms with Crippen LogP contribution in [0.2, 0.25) is 0 Å². The Hall–Kier alpha value is -2.04. The molecule has 0 saturated heterocycles. The van der Waals surface area contributed by atoms with E-state index < -0.39 is 6.10 Å². The van der Waals surface area contributed by atoms with E-state index in [-0.39, 0.29) is 17.7 Å². The Morgan fingerprint density at radius 2 is 2.10 bits per heavy atom. The normalized spacial score (nSPS) is 17.0. The van der Waals surface area contributed by atoms with E-state index in [0.29, 0.717) is 18.0 Å². The summed E-state index contributed by atoms with van der Waals surface area (Å²) in [7, 11) is 0. The van der Waals surface area contributed by atoms with Crippen molar-refractivity contribution in [2.24, 2.45) is 5.92 Å². The Morgan fingerprint density at radius 3 is 2.76 bits per heavy atom. The van der Waals surface area contributed by atoms with Gasteiger partial charge in [-0.15, -0.1) is 0 Å². The molecule has 0 bridgehead atoms. The number of anilines is 1. The van der Waals surface area contributed by atoms with Gasteiger partial charge in [0.2, 0.25) is 5.91 Å². The molecule has 0 fully saturated rings. The lowest BCUT2D eigenvalue weighted by Crippen LogP contribution is -2.34. The van der Waals surface area contributed by atoms with Crippen molar-refractivity contribution >= 4 is 17.5 Å². The molecule has 1 unspecified atom stereocenters. The molecule has 0 aliphatic carbocycles. The van der Waals surface area contributed by atoms with E-state index in [4.69, 9.17) is 4.74 Å². The topological polar surface area (TPSA) is 67.4 Å². The molecular weight excluding hydrogens is 268 g/mol. The third-order valence-corrected chi connectivity index (χ3v) is 3.80. The van der Waals surface area contributed by atoms with Gasteiger partial charge in [0.1, 0.15) is 5.75 Å². The van der Waals surface area contributed by atoms with Crippen molar-refractivity contribution in [2.75, 3.05) is 5.32 Å². The Balaban J connectivity index is 2.01. The monoisotopic (exact) mass is 290 g/mol. The lowest BCUT2D eigenvalue weighted by atomic mass is 10.0. The first-order chi connectivity index (χ1) is 10.0. The van der Waals surface area contributed by atoms with Gasteiger partial charge in [-0.3, -0.25) is 9.59 Å². The summed E-state index contributed by atoms with van der Waals surface area (Å²) in [5.74, 6) is 0.649. The van der Waals surface area contributed by atoms with Crippen LogP contribution in [0.25, 0.3) is 0 Å². The number of ether oxygens (including phenoxy) is 1. The highest BCUT2D eigenvalue weighted by molar-refractivity contribution is 5.97. The third-order valence-electron chi connectivity index (χ3n) is 3.80. The molecule has 1 aromatic rings. The van der Waals surface area contributed by atoms with Crippen LogP contribution >= 0.6 is 0 Å². The maximum Gasteiger partial charge on any atom is 0.265 e. The molecule has 1 aliphatic heterocycles. The molecule has 1 aliphatic rings. The van der Waals surface area contributed by atoms with Crippen molar-refractivity contribution in [3.63, 3.8) is 0 Å². The molecular formula is C16H22N2O3. The summed E-state index contributed by atoms with van der Waals surface area (Å²) in [6.45, 7) is 6.19. The molecule has 1 atom stereocenters. The van der Waals surface area contributed by atoms with Gasteiger partial charge in [-0.1, -0.05) is 19.9 Å². The SMILES string of the molecule is CCC(CC)C(=O)NCc1ccc2c(c1)NC(=O)C(C)O2. The maximum absolute atomic E-state index is 12.0. The predicted octanol–water partition coefficient (Wildman–Crippen LogP) is 2.46. The summed E-state index contributed by atoms with van der Waals surface area (Å²) in [6.07, 6.45) is 1.21. The molecule has 2 rings (SSSR count). The second-order valence-electron chi connectivity index (χ2n) is 5.31. The van der Waals surface area contributed by atoms with Crippen LogP contribution in [0.1, 0.15) is 39.2 Å². The number of fused-ring (bicyclic) bond motifs is 1. The minimum absolute atomic E-state index is 0.0616. The van der Waals surface area contributed by atoms with Gasteiger partial charge in [0.25, 0.3) is 5.91 Å². The van der Waals surface area contributed by atoms with Crippen molar-refractivity contribution in [3.8, 4) is 5.75 Å². The second-order valence-corrected chi connectivity index (χ2v) is 5.31. The van der Waals surface area contributed by atoms with E-state index >= 15 is 0 Å². The van der Waals surface area contributed by atoms with E-state index in [9.17, 15) is 9.59 Å². The van der Waals surface area contributed by atoms with Crippen molar-refractivity contribution in [2.45, 2.75) is 46.3 Å². The largest absolute Gasteiger partial charge is 0.479 e. The van der Waals surface area contributed by atoms with Gasteiger partial charge < -0.3 is 15.4 Å². The molecule has 2 N–H and O–H groups in total.